The third kappa shape index (κ3) is 3.54. The number of nitrogens with two attached hydrogens (primary N) is 1. The van der Waals surface area contributed by atoms with E-state index in [1.165, 1.54) is 0 Å². The Hall–Kier alpha value is -2.37. The van der Waals surface area contributed by atoms with Crippen molar-refractivity contribution < 1.29 is 4.74 Å². The first-order valence-electron chi connectivity index (χ1n) is 5.98. The number of nitrogens with zero attached hydrogens (tertiary/aromatic N) is 4. The molecule has 0 aliphatic carbocycles. The smallest absolute Gasteiger partial charge is 0.225 e. The van der Waals surface area contributed by atoms with Gasteiger partial charge in [0, 0.05) is 38.0 Å². The van der Waals surface area contributed by atoms with Gasteiger partial charge < -0.3 is 15.4 Å². The maximum Gasteiger partial charge on any atom is 0.225 e. The van der Waals surface area contributed by atoms with Gasteiger partial charge in [-0.25, -0.2) is 0 Å². The van der Waals surface area contributed by atoms with Crippen molar-refractivity contribution >= 4 is 11.8 Å². The van der Waals surface area contributed by atoms with Crippen molar-refractivity contribution in [3.8, 4) is 5.88 Å². The molecule has 6 heteroatoms. The van der Waals surface area contributed by atoms with E-state index in [4.69, 9.17) is 10.5 Å². The van der Waals surface area contributed by atoms with Crippen LogP contribution in [-0.2, 0) is 6.42 Å². The summed E-state index contributed by atoms with van der Waals surface area (Å²) < 4.78 is 5.08. The van der Waals surface area contributed by atoms with E-state index in [1.54, 1.807) is 19.4 Å². The van der Waals surface area contributed by atoms with Gasteiger partial charge in [0.15, 0.2) is 0 Å². The van der Waals surface area contributed by atoms with E-state index in [2.05, 4.69) is 15.0 Å². The first kappa shape index (κ1) is 13.1. The molecule has 0 aromatic carbocycles. The van der Waals surface area contributed by atoms with Crippen molar-refractivity contribution in [3.05, 3.63) is 36.2 Å². The van der Waals surface area contributed by atoms with E-state index in [9.17, 15) is 0 Å². The number of anilines is 2. The molecule has 0 saturated carbocycles. The normalized spacial score (nSPS) is 10.2. The highest BCUT2D eigenvalue weighted by molar-refractivity contribution is 5.44. The maximum atomic E-state index is 5.64. The molecule has 0 amide bonds. The van der Waals surface area contributed by atoms with Crippen LogP contribution < -0.4 is 15.4 Å². The van der Waals surface area contributed by atoms with Crippen molar-refractivity contribution in [1.29, 1.82) is 0 Å². The molecule has 0 unspecified atom stereocenters. The van der Waals surface area contributed by atoms with Crippen LogP contribution in [0.2, 0.25) is 0 Å². The average Bonchev–Trinajstić information content (AvgIpc) is 2.45. The molecule has 6 nitrogen and oxygen atoms in total. The fraction of sp³-hybridized carbons (Fsp3) is 0.308. The molecular weight excluding hydrogens is 242 g/mol. The summed E-state index contributed by atoms with van der Waals surface area (Å²) in [4.78, 5) is 14.4. The van der Waals surface area contributed by atoms with Crippen molar-refractivity contribution in [2.75, 3.05) is 31.3 Å². The summed E-state index contributed by atoms with van der Waals surface area (Å²) in [6.45, 7) is 0.788. The summed E-state index contributed by atoms with van der Waals surface area (Å²) in [7, 11) is 3.50. The molecule has 2 aromatic rings. The van der Waals surface area contributed by atoms with Crippen molar-refractivity contribution in [3.63, 3.8) is 0 Å². The van der Waals surface area contributed by atoms with E-state index in [0.717, 1.165) is 24.5 Å². The third-order valence-corrected chi connectivity index (χ3v) is 2.74. The molecule has 0 saturated heterocycles. The molecule has 0 radical (unpaired) electrons. The van der Waals surface area contributed by atoms with Crippen LogP contribution in [0.15, 0.2) is 30.5 Å². The van der Waals surface area contributed by atoms with Gasteiger partial charge in [-0.1, -0.05) is 6.07 Å². The number of aromatic nitrogens is 3. The van der Waals surface area contributed by atoms with Gasteiger partial charge in [0.05, 0.1) is 7.11 Å². The van der Waals surface area contributed by atoms with Crippen LogP contribution >= 0.6 is 0 Å². The van der Waals surface area contributed by atoms with Gasteiger partial charge in [-0.05, 0) is 12.1 Å². The molecule has 100 valence electrons. The fourth-order valence-electron chi connectivity index (χ4n) is 1.67. The Morgan fingerprint density at radius 3 is 2.84 bits per heavy atom. The highest BCUT2D eigenvalue weighted by atomic mass is 16.5. The Morgan fingerprint density at radius 2 is 2.16 bits per heavy atom. The number of hydrogen-bond donors (Lipinski definition) is 1. The van der Waals surface area contributed by atoms with Gasteiger partial charge in [0.2, 0.25) is 11.8 Å². The molecule has 0 spiro atoms. The maximum absolute atomic E-state index is 5.64. The minimum absolute atomic E-state index is 0.207. The number of rotatable bonds is 5. The Labute approximate surface area is 112 Å². The second kappa shape index (κ2) is 5.99. The summed E-state index contributed by atoms with van der Waals surface area (Å²) in [5.74, 6) is 1.41. The predicted molar refractivity (Wildman–Crippen MR) is 74.2 cm³/mol. The van der Waals surface area contributed by atoms with Gasteiger partial charge in [-0.2, -0.15) is 9.97 Å². The van der Waals surface area contributed by atoms with Crippen LogP contribution in [0.5, 0.6) is 5.88 Å². The zero-order valence-corrected chi connectivity index (χ0v) is 11.1. The standard InChI is InChI=1S/C13H17N5O/c1-18(8-6-10-5-3-4-7-15-10)11-9-12(19-2)17-13(14)16-11/h3-5,7,9H,6,8H2,1-2H3,(H2,14,16,17). The van der Waals surface area contributed by atoms with E-state index < -0.39 is 0 Å². The van der Waals surface area contributed by atoms with Crippen LogP contribution in [0.1, 0.15) is 5.69 Å². The van der Waals surface area contributed by atoms with Crippen LogP contribution in [0, 0.1) is 0 Å². The number of methoxy groups -OCH3 is 1. The largest absolute Gasteiger partial charge is 0.481 e. The summed E-state index contributed by atoms with van der Waals surface area (Å²) in [5.41, 5.74) is 6.68. The zero-order valence-electron chi connectivity index (χ0n) is 11.1. The minimum Gasteiger partial charge on any atom is -0.481 e. The molecule has 2 heterocycles. The zero-order chi connectivity index (χ0) is 13.7. The monoisotopic (exact) mass is 259 g/mol. The van der Waals surface area contributed by atoms with Crippen molar-refractivity contribution in [2.45, 2.75) is 6.42 Å². The number of pyridine rings is 1. The number of hydrogen-bond acceptors (Lipinski definition) is 6. The number of nitrogen functional groups attached to an aromatic ring is 1. The van der Waals surface area contributed by atoms with E-state index in [-0.39, 0.29) is 5.95 Å². The van der Waals surface area contributed by atoms with Crippen LogP contribution in [0.3, 0.4) is 0 Å². The molecule has 0 aliphatic rings. The topological polar surface area (TPSA) is 77.2 Å². The molecule has 19 heavy (non-hydrogen) atoms. The van der Waals surface area contributed by atoms with Gasteiger partial charge in [-0.3, -0.25) is 4.98 Å². The second-order valence-corrected chi connectivity index (χ2v) is 4.12. The van der Waals surface area contributed by atoms with Gasteiger partial charge in [0.25, 0.3) is 0 Å². The van der Waals surface area contributed by atoms with Crippen LogP contribution in [-0.4, -0.2) is 35.7 Å². The predicted octanol–water partition coefficient (Wildman–Crippen LogP) is 1.14. The molecule has 0 aliphatic heterocycles. The average molecular weight is 259 g/mol. The summed E-state index contributed by atoms with van der Waals surface area (Å²) in [6.07, 6.45) is 2.63. The molecule has 0 fully saturated rings. The Morgan fingerprint density at radius 1 is 1.32 bits per heavy atom. The Balaban J connectivity index is 2.03. The Bertz CT molecular complexity index is 532. The molecular formula is C13H17N5O. The number of likely N-dealkylation sites (N-methyl/N-ethyl adjacent to an activating group) is 1. The van der Waals surface area contributed by atoms with Gasteiger partial charge >= 0.3 is 0 Å². The first-order chi connectivity index (χ1) is 9.19. The molecule has 0 atom stereocenters. The van der Waals surface area contributed by atoms with Gasteiger partial charge in [0.1, 0.15) is 5.82 Å². The number of ether oxygens (including phenoxy) is 1. The lowest BCUT2D eigenvalue weighted by Gasteiger charge is -2.18. The highest BCUT2D eigenvalue weighted by Crippen LogP contribution is 2.17. The lowest BCUT2D eigenvalue weighted by molar-refractivity contribution is 0.397. The van der Waals surface area contributed by atoms with E-state index >= 15 is 0 Å². The lowest BCUT2D eigenvalue weighted by atomic mass is 10.2. The molecule has 0 bridgehead atoms. The van der Waals surface area contributed by atoms with Crippen LogP contribution in [0.4, 0.5) is 11.8 Å². The van der Waals surface area contributed by atoms with Gasteiger partial charge in [-0.15, -0.1) is 0 Å². The summed E-state index contributed by atoms with van der Waals surface area (Å²) in [5, 5.41) is 0. The van der Waals surface area contributed by atoms with E-state index in [0.29, 0.717) is 5.88 Å². The minimum atomic E-state index is 0.207. The molecule has 2 rings (SSSR count). The molecule has 2 N–H and O–H groups in total. The fourth-order valence-corrected chi connectivity index (χ4v) is 1.67. The molecule has 2 aromatic heterocycles. The van der Waals surface area contributed by atoms with Crippen molar-refractivity contribution in [1.82, 2.24) is 15.0 Å². The summed E-state index contributed by atoms with van der Waals surface area (Å²) in [6, 6.07) is 7.65. The highest BCUT2D eigenvalue weighted by Gasteiger charge is 2.07. The second-order valence-electron chi connectivity index (χ2n) is 4.12. The SMILES string of the molecule is COc1cc(N(C)CCc2ccccn2)nc(N)n1. The summed E-state index contributed by atoms with van der Waals surface area (Å²) >= 11 is 0. The third-order valence-electron chi connectivity index (χ3n) is 2.74. The van der Waals surface area contributed by atoms with Crippen molar-refractivity contribution in [2.24, 2.45) is 0 Å². The van der Waals surface area contributed by atoms with E-state index in [1.807, 2.05) is 30.1 Å². The lowest BCUT2D eigenvalue weighted by Crippen LogP contribution is -2.22. The Kier molecular flexibility index (Phi) is 4.12. The van der Waals surface area contributed by atoms with Crippen LogP contribution in [0.25, 0.3) is 0 Å². The first-order valence-corrected chi connectivity index (χ1v) is 5.98. The quantitative estimate of drug-likeness (QED) is 0.867.